The summed E-state index contributed by atoms with van der Waals surface area (Å²) in [5.41, 5.74) is 0. The van der Waals surface area contributed by atoms with Crippen LogP contribution in [0.3, 0.4) is 0 Å². The van der Waals surface area contributed by atoms with Gasteiger partial charge in [0, 0.05) is 26.3 Å². The predicted molar refractivity (Wildman–Crippen MR) is 68.3 cm³/mol. The third-order valence-electron chi connectivity index (χ3n) is 2.93. The van der Waals surface area contributed by atoms with E-state index in [2.05, 4.69) is 4.98 Å². The molecule has 17 heavy (non-hydrogen) atoms. The van der Waals surface area contributed by atoms with Gasteiger partial charge in [0.2, 0.25) is 5.91 Å². The Morgan fingerprint density at radius 1 is 1.47 bits per heavy atom. The molecule has 5 heteroatoms. The molecule has 1 saturated heterocycles. The fourth-order valence-electron chi connectivity index (χ4n) is 1.94. The summed E-state index contributed by atoms with van der Waals surface area (Å²) in [6.07, 6.45) is 3.83. The molecule has 0 N–H and O–H groups in total. The number of aromatic nitrogens is 1. The summed E-state index contributed by atoms with van der Waals surface area (Å²) >= 11 is 5.77. The van der Waals surface area contributed by atoms with Crippen LogP contribution in [-0.4, -0.2) is 42.5 Å². The maximum atomic E-state index is 11.9. The lowest BCUT2D eigenvalue weighted by Crippen LogP contribution is -2.37. The van der Waals surface area contributed by atoms with Crippen LogP contribution in [0.4, 0.5) is 5.82 Å². The fraction of sp³-hybridized carbons (Fsp3) is 0.500. The molecule has 1 aromatic rings. The first kappa shape index (κ1) is 12.2. The van der Waals surface area contributed by atoms with E-state index in [1.54, 1.807) is 12.3 Å². The topological polar surface area (TPSA) is 36.4 Å². The molecule has 0 unspecified atom stereocenters. The van der Waals surface area contributed by atoms with Crippen LogP contribution in [-0.2, 0) is 4.79 Å². The Kier molecular flexibility index (Phi) is 3.84. The van der Waals surface area contributed by atoms with Crippen LogP contribution in [0.5, 0.6) is 0 Å². The number of carbonyl (C=O) groups is 1. The highest BCUT2D eigenvalue weighted by atomic mass is 35.5. The van der Waals surface area contributed by atoms with Crippen LogP contribution < -0.4 is 4.90 Å². The van der Waals surface area contributed by atoms with Crippen molar-refractivity contribution in [2.24, 2.45) is 0 Å². The normalized spacial score (nSPS) is 15.1. The lowest BCUT2D eigenvalue weighted by molar-refractivity contribution is -0.128. The minimum Gasteiger partial charge on any atom is -0.350 e. The van der Waals surface area contributed by atoms with E-state index in [9.17, 15) is 4.79 Å². The molecule has 0 aliphatic carbocycles. The van der Waals surface area contributed by atoms with Crippen LogP contribution in [0.25, 0.3) is 0 Å². The maximum absolute atomic E-state index is 11.9. The van der Waals surface area contributed by atoms with Gasteiger partial charge in [0.1, 0.15) is 5.82 Å². The number of halogens is 1. The second-order valence-electron chi connectivity index (χ2n) is 4.28. The van der Waals surface area contributed by atoms with E-state index in [1.165, 1.54) is 0 Å². The van der Waals surface area contributed by atoms with E-state index in [4.69, 9.17) is 11.6 Å². The Labute approximate surface area is 106 Å². The van der Waals surface area contributed by atoms with Crippen LogP contribution in [0.15, 0.2) is 18.3 Å². The minimum absolute atomic E-state index is 0.168. The number of hydrogen-bond acceptors (Lipinski definition) is 3. The molecule has 0 spiro atoms. The number of carbonyl (C=O) groups excluding carboxylic acids is 1. The molecule has 1 amide bonds. The first-order valence-corrected chi connectivity index (χ1v) is 6.15. The Hall–Kier alpha value is -1.29. The van der Waals surface area contributed by atoms with E-state index >= 15 is 0 Å². The van der Waals surface area contributed by atoms with Crippen molar-refractivity contribution in [1.29, 1.82) is 0 Å². The number of amides is 1. The summed E-state index contributed by atoms with van der Waals surface area (Å²) in [7, 11) is 1.87. The molecule has 92 valence electrons. The molecule has 1 aliphatic rings. The smallest absolute Gasteiger partial charge is 0.242 e. The second kappa shape index (κ2) is 5.36. The minimum atomic E-state index is 0.168. The highest BCUT2D eigenvalue weighted by Crippen LogP contribution is 2.14. The third-order valence-corrected chi connectivity index (χ3v) is 3.16. The van der Waals surface area contributed by atoms with Crippen molar-refractivity contribution >= 4 is 23.3 Å². The standard InChI is InChI=1S/C12H16ClN3O/c1-15(11-5-4-10(13)8-14-11)9-12(17)16-6-2-3-7-16/h4-5,8H,2-3,6-7,9H2,1H3. The molecule has 0 atom stereocenters. The number of rotatable bonds is 3. The zero-order chi connectivity index (χ0) is 12.3. The number of likely N-dealkylation sites (N-methyl/N-ethyl adjacent to an activating group) is 1. The second-order valence-corrected chi connectivity index (χ2v) is 4.72. The number of nitrogens with zero attached hydrogens (tertiary/aromatic N) is 3. The van der Waals surface area contributed by atoms with E-state index in [-0.39, 0.29) is 5.91 Å². The van der Waals surface area contributed by atoms with Gasteiger partial charge in [-0.1, -0.05) is 11.6 Å². The highest BCUT2D eigenvalue weighted by Gasteiger charge is 2.19. The van der Waals surface area contributed by atoms with E-state index in [1.807, 2.05) is 22.9 Å². The van der Waals surface area contributed by atoms with Gasteiger partial charge < -0.3 is 9.80 Å². The average molecular weight is 254 g/mol. The van der Waals surface area contributed by atoms with Crippen LogP contribution in [0, 0.1) is 0 Å². The van der Waals surface area contributed by atoms with Crippen LogP contribution in [0.2, 0.25) is 5.02 Å². The Bertz CT molecular complexity index is 387. The van der Waals surface area contributed by atoms with Crippen molar-refractivity contribution in [3.05, 3.63) is 23.4 Å². The molecular formula is C12H16ClN3O. The molecule has 1 aliphatic heterocycles. The van der Waals surface area contributed by atoms with Crippen molar-refractivity contribution in [2.75, 3.05) is 31.6 Å². The van der Waals surface area contributed by atoms with Gasteiger partial charge >= 0.3 is 0 Å². The molecule has 0 bridgehead atoms. The summed E-state index contributed by atoms with van der Waals surface area (Å²) in [6, 6.07) is 3.60. The summed E-state index contributed by atoms with van der Waals surface area (Å²) in [5.74, 6) is 0.934. The molecule has 1 fully saturated rings. The number of likely N-dealkylation sites (tertiary alicyclic amines) is 1. The highest BCUT2D eigenvalue weighted by molar-refractivity contribution is 6.30. The predicted octanol–water partition coefficient (Wildman–Crippen LogP) is 1.79. The van der Waals surface area contributed by atoms with Crippen molar-refractivity contribution in [3.63, 3.8) is 0 Å². The maximum Gasteiger partial charge on any atom is 0.242 e. The SMILES string of the molecule is CN(CC(=O)N1CCCC1)c1ccc(Cl)cn1. The molecular weight excluding hydrogens is 238 g/mol. The molecule has 4 nitrogen and oxygen atoms in total. The number of hydrogen-bond donors (Lipinski definition) is 0. The van der Waals surface area contributed by atoms with Gasteiger partial charge in [0.25, 0.3) is 0 Å². The molecule has 0 saturated carbocycles. The molecule has 2 rings (SSSR count). The fourth-order valence-corrected chi connectivity index (χ4v) is 2.06. The van der Waals surface area contributed by atoms with Gasteiger partial charge in [0.15, 0.2) is 0 Å². The van der Waals surface area contributed by atoms with E-state index < -0.39 is 0 Å². The molecule has 0 radical (unpaired) electrons. The lowest BCUT2D eigenvalue weighted by atomic mass is 10.4. The van der Waals surface area contributed by atoms with Gasteiger partial charge in [-0.05, 0) is 25.0 Å². The first-order valence-electron chi connectivity index (χ1n) is 5.77. The third kappa shape index (κ3) is 3.09. The zero-order valence-electron chi connectivity index (χ0n) is 9.90. The van der Waals surface area contributed by atoms with Gasteiger partial charge in [0.05, 0.1) is 11.6 Å². The monoisotopic (exact) mass is 253 g/mol. The van der Waals surface area contributed by atoms with Crippen LogP contribution in [0.1, 0.15) is 12.8 Å². The van der Waals surface area contributed by atoms with Gasteiger partial charge in [-0.15, -0.1) is 0 Å². The summed E-state index contributed by atoms with van der Waals surface area (Å²) in [5, 5.41) is 0.605. The van der Waals surface area contributed by atoms with Crippen molar-refractivity contribution in [3.8, 4) is 0 Å². The molecule has 0 aromatic carbocycles. The Morgan fingerprint density at radius 3 is 2.76 bits per heavy atom. The molecule has 2 heterocycles. The van der Waals surface area contributed by atoms with Crippen molar-refractivity contribution < 1.29 is 4.79 Å². The van der Waals surface area contributed by atoms with E-state index in [0.29, 0.717) is 11.6 Å². The van der Waals surface area contributed by atoms with Crippen molar-refractivity contribution in [1.82, 2.24) is 9.88 Å². The van der Waals surface area contributed by atoms with Gasteiger partial charge in [-0.2, -0.15) is 0 Å². The summed E-state index contributed by atoms with van der Waals surface area (Å²) in [6.45, 7) is 2.15. The lowest BCUT2D eigenvalue weighted by Gasteiger charge is -2.21. The van der Waals surface area contributed by atoms with Crippen LogP contribution >= 0.6 is 11.6 Å². The van der Waals surface area contributed by atoms with Gasteiger partial charge in [-0.25, -0.2) is 4.98 Å². The largest absolute Gasteiger partial charge is 0.350 e. The first-order chi connectivity index (χ1) is 8.16. The average Bonchev–Trinajstić information content (AvgIpc) is 2.83. The Morgan fingerprint density at radius 2 is 2.18 bits per heavy atom. The van der Waals surface area contributed by atoms with E-state index in [0.717, 1.165) is 31.7 Å². The summed E-state index contributed by atoms with van der Waals surface area (Å²) < 4.78 is 0. The zero-order valence-corrected chi connectivity index (χ0v) is 10.7. The summed E-state index contributed by atoms with van der Waals surface area (Å²) in [4.78, 5) is 19.9. The number of pyridine rings is 1. The van der Waals surface area contributed by atoms with Crippen molar-refractivity contribution in [2.45, 2.75) is 12.8 Å². The van der Waals surface area contributed by atoms with Gasteiger partial charge in [-0.3, -0.25) is 4.79 Å². The Balaban J connectivity index is 1.93. The molecule has 1 aromatic heterocycles. The quantitative estimate of drug-likeness (QED) is 0.824. The number of anilines is 1.